The normalized spacial score (nSPS) is 14.1. The molecule has 0 spiro atoms. The molecule has 1 unspecified atom stereocenters. The van der Waals surface area contributed by atoms with E-state index in [1.54, 1.807) is 35.5 Å². The van der Waals surface area contributed by atoms with Crippen molar-refractivity contribution in [3.8, 4) is 0 Å². The lowest BCUT2D eigenvalue weighted by molar-refractivity contribution is 0.199. The fraction of sp³-hybridized carbons (Fsp3) is 0.625. The highest BCUT2D eigenvalue weighted by Crippen LogP contribution is 2.21. The van der Waals surface area contributed by atoms with E-state index in [0.717, 1.165) is 0 Å². The molecule has 0 aliphatic rings. The lowest BCUT2D eigenvalue weighted by Gasteiger charge is -2.25. The van der Waals surface area contributed by atoms with Gasteiger partial charge in [0.25, 0.3) is 0 Å². The molecule has 5 heteroatoms. The number of aliphatic hydroxyl groups excluding tert-OH is 1. The van der Waals surface area contributed by atoms with Gasteiger partial charge in [-0.05, 0) is 36.5 Å². The summed E-state index contributed by atoms with van der Waals surface area (Å²) in [5.74, 6) is 0.547. The third kappa shape index (κ3) is 5.09. The van der Waals surface area contributed by atoms with Crippen molar-refractivity contribution in [1.29, 1.82) is 0 Å². The van der Waals surface area contributed by atoms with E-state index in [4.69, 9.17) is 0 Å². The molecule has 0 fully saturated rings. The third-order valence-electron chi connectivity index (χ3n) is 3.14. The molecule has 21 heavy (non-hydrogen) atoms. The predicted molar refractivity (Wildman–Crippen MR) is 85.5 cm³/mol. The number of aliphatic hydroxyl groups is 1. The van der Waals surface area contributed by atoms with Crippen molar-refractivity contribution in [1.82, 2.24) is 4.31 Å². The van der Waals surface area contributed by atoms with Gasteiger partial charge in [0.15, 0.2) is 0 Å². The zero-order chi connectivity index (χ0) is 16.2. The van der Waals surface area contributed by atoms with Crippen LogP contribution in [-0.4, -0.2) is 30.9 Å². The lowest BCUT2D eigenvalue weighted by Crippen LogP contribution is -2.37. The lowest BCUT2D eigenvalue weighted by atomic mass is 10.1. The maximum Gasteiger partial charge on any atom is 0.243 e. The predicted octanol–water partition coefficient (Wildman–Crippen LogP) is 3.04. The fourth-order valence-electron chi connectivity index (χ4n) is 2.15. The maximum atomic E-state index is 12.7. The fourth-order valence-corrected chi connectivity index (χ4v) is 3.92. The molecule has 0 radical (unpaired) electrons. The summed E-state index contributed by atoms with van der Waals surface area (Å²) in [6.07, 6.45) is -0.593. The van der Waals surface area contributed by atoms with Gasteiger partial charge in [0.1, 0.15) is 0 Å². The second-order valence-electron chi connectivity index (χ2n) is 6.35. The van der Waals surface area contributed by atoms with Gasteiger partial charge in [-0.15, -0.1) is 0 Å². The first-order valence-electron chi connectivity index (χ1n) is 7.42. The summed E-state index contributed by atoms with van der Waals surface area (Å²) in [7, 11) is -3.48. The van der Waals surface area contributed by atoms with E-state index < -0.39 is 16.1 Å². The highest BCUT2D eigenvalue weighted by Gasteiger charge is 2.25. The minimum atomic E-state index is -3.48. The first-order valence-corrected chi connectivity index (χ1v) is 8.86. The largest absolute Gasteiger partial charge is 0.389 e. The van der Waals surface area contributed by atoms with Crippen LogP contribution in [-0.2, 0) is 10.0 Å². The van der Waals surface area contributed by atoms with Crippen LogP contribution in [0.1, 0.15) is 46.3 Å². The van der Waals surface area contributed by atoms with E-state index in [1.807, 2.05) is 27.7 Å². The quantitative estimate of drug-likeness (QED) is 0.841. The minimum absolute atomic E-state index is 0.273. The first-order chi connectivity index (χ1) is 9.64. The minimum Gasteiger partial charge on any atom is -0.389 e. The number of rotatable bonds is 7. The molecule has 0 aliphatic heterocycles. The Morgan fingerprint density at radius 1 is 0.952 bits per heavy atom. The van der Waals surface area contributed by atoms with Crippen molar-refractivity contribution in [3.63, 3.8) is 0 Å². The molecule has 0 bridgehead atoms. The Balaban J connectivity index is 3.09. The topological polar surface area (TPSA) is 57.6 Å². The summed E-state index contributed by atoms with van der Waals surface area (Å²) in [6.45, 7) is 10.7. The second-order valence-corrected chi connectivity index (χ2v) is 8.29. The Kier molecular flexibility index (Phi) is 6.38. The van der Waals surface area contributed by atoms with Gasteiger partial charge < -0.3 is 5.11 Å². The number of benzene rings is 1. The number of hydrogen-bond donors (Lipinski definition) is 1. The van der Waals surface area contributed by atoms with Crippen LogP contribution in [0.5, 0.6) is 0 Å². The van der Waals surface area contributed by atoms with Crippen LogP contribution in [0, 0.1) is 11.8 Å². The third-order valence-corrected chi connectivity index (χ3v) is 4.98. The number of nitrogens with zero attached hydrogens (tertiary/aromatic N) is 1. The molecule has 1 atom stereocenters. The van der Waals surface area contributed by atoms with Gasteiger partial charge in [-0.1, -0.05) is 39.8 Å². The van der Waals surface area contributed by atoms with Gasteiger partial charge in [-0.25, -0.2) is 8.42 Å². The monoisotopic (exact) mass is 313 g/mol. The first kappa shape index (κ1) is 18.1. The smallest absolute Gasteiger partial charge is 0.243 e. The molecular weight excluding hydrogens is 286 g/mol. The van der Waals surface area contributed by atoms with Crippen molar-refractivity contribution in [3.05, 3.63) is 29.8 Å². The number of hydrogen-bond acceptors (Lipinski definition) is 3. The van der Waals surface area contributed by atoms with E-state index in [0.29, 0.717) is 18.7 Å². The highest BCUT2D eigenvalue weighted by molar-refractivity contribution is 7.89. The standard InChI is InChI=1S/C16H27NO3S/c1-12(2)10-17(11-13(3)4)21(19,20)16-8-6-15(7-9-16)14(5)18/h6-9,12-14,18H,10-11H2,1-5H3. The molecular formula is C16H27NO3S. The molecule has 0 amide bonds. The van der Waals surface area contributed by atoms with Crippen LogP contribution in [0.4, 0.5) is 0 Å². The van der Waals surface area contributed by atoms with E-state index in [-0.39, 0.29) is 16.7 Å². The van der Waals surface area contributed by atoms with Crippen molar-refractivity contribution in [2.45, 2.75) is 45.6 Å². The molecule has 120 valence electrons. The Hall–Kier alpha value is -0.910. The van der Waals surface area contributed by atoms with E-state index in [2.05, 4.69) is 0 Å². The van der Waals surface area contributed by atoms with Crippen molar-refractivity contribution in [2.24, 2.45) is 11.8 Å². The molecule has 0 aromatic heterocycles. The Labute approximate surface area is 128 Å². The van der Waals surface area contributed by atoms with Crippen LogP contribution in [0.25, 0.3) is 0 Å². The van der Waals surface area contributed by atoms with Crippen molar-refractivity contribution < 1.29 is 13.5 Å². The zero-order valence-electron chi connectivity index (χ0n) is 13.6. The summed E-state index contributed by atoms with van der Waals surface area (Å²) in [5.41, 5.74) is 0.716. The van der Waals surface area contributed by atoms with E-state index in [1.165, 1.54) is 0 Å². The van der Waals surface area contributed by atoms with Crippen LogP contribution in [0.2, 0.25) is 0 Å². The zero-order valence-corrected chi connectivity index (χ0v) is 14.4. The summed E-state index contributed by atoms with van der Waals surface area (Å²) in [6, 6.07) is 6.48. The van der Waals surface area contributed by atoms with Crippen molar-refractivity contribution in [2.75, 3.05) is 13.1 Å². The van der Waals surface area contributed by atoms with Gasteiger partial charge in [-0.3, -0.25) is 0 Å². The molecule has 0 saturated heterocycles. The average molecular weight is 313 g/mol. The van der Waals surface area contributed by atoms with Gasteiger partial charge in [-0.2, -0.15) is 4.31 Å². The highest BCUT2D eigenvalue weighted by atomic mass is 32.2. The Morgan fingerprint density at radius 2 is 1.38 bits per heavy atom. The van der Waals surface area contributed by atoms with Gasteiger partial charge in [0.05, 0.1) is 11.0 Å². The van der Waals surface area contributed by atoms with E-state index >= 15 is 0 Å². The molecule has 4 nitrogen and oxygen atoms in total. The second kappa shape index (κ2) is 7.38. The Bertz CT molecular complexity index is 523. The van der Waals surface area contributed by atoms with Gasteiger partial charge in [0, 0.05) is 13.1 Å². The molecule has 1 rings (SSSR count). The summed E-state index contributed by atoms with van der Waals surface area (Å²) in [4.78, 5) is 0.285. The molecule has 1 N–H and O–H groups in total. The van der Waals surface area contributed by atoms with Crippen LogP contribution in [0.15, 0.2) is 29.2 Å². The van der Waals surface area contributed by atoms with Crippen molar-refractivity contribution >= 4 is 10.0 Å². The van der Waals surface area contributed by atoms with Gasteiger partial charge >= 0.3 is 0 Å². The van der Waals surface area contributed by atoms with Crippen LogP contribution >= 0.6 is 0 Å². The molecule has 0 saturated carbocycles. The average Bonchev–Trinajstić information content (AvgIpc) is 2.37. The SMILES string of the molecule is CC(C)CN(CC(C)C)S(=O)(=O)c1ccc(C(C)O)cc1. The maximum absolute atomic E-state index is 12.7. The summed E-state index contributed by atoms with van der Waals surface area (Å²) in [5, 5.41) is 9.50. The molecule has 0 heterocycles. The van der Waals surface area contributed by atoms with E-state index in [9.17, 15) is 13.5 Å². The molecule has 1 aromatic rings. The molecule has 0 aliphatic carbocycles. The number of sulfonamides is 1. The van der Waals surface area contributed by atoms with Gasteiger partial charge in [0.2, 0.25) is 10.0 Å². The van der Waals surface area contributed by atoms with Crippen LogP contribution < -0.4 is 0 Å². The summed E-state index contributed by atoms with van der Waals surface area (Å²) >= 11 is 0. The van der Waals surface area contributed by atoms with Crippen LogP contribution in [0.3, 0.4) is 0 Å². The Morgan fingerprint density at radius 3 is 1.71 bits per heavy atom. The summed E-state index contributed by atoms with van der Waals surface area (Å²) < 4.78 is 27.1. The molecule has 1 aromatic carbocycles.